The zero-order valence-electron chi connectivity index (χ0n) is 45.6. The number of benzene rings is 9. The molecule has 0 saturated carbocycles. The van der Waals surface area contributed by atoms with Crippen LogP contribution in [0.2, 0.25) is 0 Å². The van der Waals surface area contributed by atoms with E-state index in [9.17, 15) is 62.1 Å². The van der Waals surface area contributed by atoms with E-state index in [4.69, 9.17) is 30.0 Å². The van der Waals surface area contributed by atoms with Crippen LogP contribution in [0.4, 0.5) is 45.5 Å². The quantitative estimate of drug-likeness (QED) is 0.0410. The van der Waals surface area contributed by atoms with Crippen molar-refractivity contribution in [2.24, 2.45) is 40.9 Å². The normalized spacial score (nSPS) is 12.3. The molecule has 32 nitrogen and oxygen atoms in total. The second-order valence-electron chi connectivity index (χ2n) is 18.4. The van der Waals surface area contributed by atoms with Crippen LogP contribution in [0, 0.1) is 13.8 Å². The van der Waals surface area contributed by atoms with Gasteiger partial charge in [0.2, 0.25) is 0 Å². The Bertz CT molecular complexity index is 5440. The van der Waals surface area contributed by atoms with E-state index in [2.05, 4.69) is 51.1 Å². The number of methoxy groups -OCH3 is 1. The molecule has 0 unspecified atom stereocenters. The molecule has 9 aromatic carbocycles. The lowest BCUT2D eigenvalue weighted by Crippen LogP contribution is -2.04. The number of azo groups is 4. The van der Waals surface area contributed by atoms with Crippen molar-refractivity contribution in [1.29, 1.82) is 0 Å². The Kier molecular flexibility index (Phi) is 19.3. The van der Waals surface area contributed by atoms with Crippen LogP contribution in [0.1, 0.15) is 16.7 Å². The maximum absolute atomic E-state index is 12.3. The van der Waals surface area contributed by atoms with E-state index in [1.165, 1.54) is 54.4 Å². The van der Waals surface area contributed by atoms with Crippen LogP contribution in [0.25, 0.3) is 49.0 Å². The molecule has 0 amide bonds. The Morgan fingerprint density at radius 3 is 1.57 bits per heavy atom. The number of aliphatic hydroxyl groups excluding tert-OH is 1. The van der Waals surface area contributed by atoms with Crippen LogP contribution >= 0.6 is 0 Å². The first kappa shape index (κ1) is 66.0. The van der Waals surface area contributed by atoms with E-state index in [1.54, 1.807) is 74.5 Å². The largest absolute Gasteiger partial charge is 0.505 e. The molecule has 0 atom stereocenters. The summed E-state index contributed by atoms with van der Waals surface area (Å²) in [6, 6.07) is 31.1. The Morgan fingerprint density at radius 2 is 1.00 bits per heavy atom. The molecule has 0 fully saturated rings. The second-order valence-corrected chi connectivity index (χ2v) is 24.8. The van der Waals surface area contributed by atoms with Gasteiger partial charge in [-0.05, 0) is 139 Å². The fraction of sp³-hybridized carbons (Fsp3) is 0.0769. The van der Waals surface area contributed by atoms with Gasteiger partial charge in [-0.3, -0.25) is 18.2 Å². The predicted octanol–water partition coefficient (Wildman–Crippen LogP) is 10.3. The summed E-state index contributed by atoms with van der Waals surface area (Å²) < 4.78 is 193. The fourth-order valence-electron chi connectivity index (χ4n) is 8.63. The summed E-state index contributed by atoms with van der Waals surface area (Å²) >= 11 is 0. The van der Waals surface area contributed by atoms with Crippen molar-refractivity contribution < 1.29 is 92.1 Å². The summed E-state index contributed by atoms with van der Waals surface area (Å²) in [6.07, 6.45) is 0. The lowest BCUT2D eigenvalue weighted by molar-refractivity contribution is 0.282. The molecule has 10 aromatic rings. The number of ether oxygens (including phenoxy) is 1. The molecule has 6 N–H and O–H groups in total. The van der Waals surface area contributed by atoms with Crippen molar-refractivity contribution in [1.82, 2.24) is 15.0 Å². The number of aryl methyl sites for hydroxylation is 2. The van der Waals surface area contributed by atoms with Gasteiger partial charge in [-0.2, -0.15) is 64.0 Å². The first-order valence-corrected chi connectivity index (χ1v) is 32.3. The van der Waals surface area contributed by atoms with Crippen molar-refractivity contribution in [3.8, 4) is 17.2 Å². The molecule has 0 aliphatic heterocycles. The number of phenols is 1. The molecule has 0 bridgehead atoms. The highest BCUT2D eigenvalue weighted by Crippen LogP contribution is 2.42. The molecule has 0 saturated heterocycles. The van der Waals surface area contributed by atoms with Crippen LogP contribution in [0.3, 0.4) is 0 Å². The molecular weight excluding hydrogens is 1310 g/mol. The Labute approximate surface area is 510 Å². The third kappa shape index (κ3) is 15.5. The summed E-state index contributed by atoms with van der Waals surface area (Å²) in [4.78, 5) is -1.45. The van der Waals surface area contributed by atoms with E-state index in [1.807, 2.05) is 0 Å². The number of aromatic hydroxyl groups is 1. The third-order valence-electron chi connectivity index (χ3n) is 12.6. The molecule has 464 valence electrons. The highest BCUT2D eigenvalue weighted by atomic mass is 32.2. The van der Waals surface area contributed by atoms with Gasteiger partial charge >= 0.3 is 21.2 Å². The van der Waals surface area contributed by atoms with Gasteiger partial charge in [0.15, 0.2) is 5.75 Å². The number of fused-ring (bicyclic) bond motifs is 5. The van der Waals surface area contributed by atoms with E-state index >= 15 is 0 Å². The summed E-state index contributed by atoms with van der Waals surface area (Å²) in [7, 11) is -24.2. The maximum Gasteiger partial charge on any atom is 0.425 e. The molecule has 10 rings (SSSR count). The second kappa shape index (κ2) is 26.4. The molecular formula is C52H39N11O21S6. The lowest BCUT2D eigenvalue weighted by Gasteiger charge is -2.09. The third-order valence-corrected chi connectivity index (χ3v) is 16.2. The van der Waals surface area contributed by atoms with Crippen LogP contribution in [0.5, 0.6) is 11.5 Å². The summed E-state index contributed by atoms with van der Waals surface area (Å²) in [5.74, 6) is -0.0288. The average molecular weight is 1350 g/mol. The van der Waals surface area contributed by atoms with E-state index < -0.39 is 87.9 Å². The number of aliphatic hydroxyl groups is 1. The Balaban J connectivity index is 0.00000123. The smallest absolute Gasteiger partial charge is 0.425 e. The van der Waals surface area contributed by atoms with Crippen molar-refractivity contribution >= 4 is 151 Å². The molecule has 1 heterocycles. The Hall–Kier alpha value is -10.00. The standard InChI is InChI=1S/C52H39N11O15S4.2O3S/c1-27-17-33(8-14-40(27)55-53-32-9-15-41(28(2)18-32)56-60-46-24-38-29(21-50(46)82(75,76)77)5-4-6-48(38)80(69,70)71)54-58-44-25-47(78-3)45(20-31(44)26-64)59-57-43-13-7-30-19-34(10-11-36(30)52(43)65)63-61-42-16-12-37-39(51(42)62-63)22-35(79(66,67)68)23-49(37)81(72,73)74;2*1-4(2)3/h4-25,64-65H,26H2,1-3H3,(H,66,67,68)(H,69,70,71)(H,72,73,74)(H,75,76,77);;. The van der Waals surface area contributed by atoms with E-state index in [0.717, 1.165) is 24.3 Å². The molecule has 0 aliphatic carbocycles. The van der Waals surface area contributed by atoms with Crippen LogP contribution in [-0.4, -0.2) is 109 Å². The first-order valence-electron chi connectivity index (χ1n) is 24.5. The first-order chi connectivity index (χ1) is 42.2. The minimum Gasteiger partial charge on any atom is -0.505 e. The van der Waals surface area contributed by atoms with Gasteiger partial charge in [0, 0.05) is 33.2 Å². The molecule has 0 spiro atoms. The van der Waals surface area contributed by atoms with Crippen LogP contribution in [0.15, 0.2) is 194 Å². The lowest BCUT2D eigenvalue weighted by atomic mass is 10.1. The summed E-state index contributed by atoms with van der Waals surface area (Å²) in [5.41, 5.74) is 3.97. The highest BCUT2D eigenvalue weighted by molar-refractivity contribution is 7.87. The van der Waals surface area contributed by atoms with Gasteiger partial charge in [0.1, 0.15) is 48.5 Å². The number of rotatable bonds is 15. The summed E-state index contributed by atoms with van der Waals surface area (Å²) in [6.45, 7) is 3.00. The van der Waals surface area contributed by atoms with E-state index in [-0.39, 0.29) is 72.5 Å². The Morgan fingerprint density at radius 1 is 0.467 bits per heavy atom. The molecule has 1 aromatic heterocycles. The number of aromatic nitrogens is 3. The minimum atomic E-state index is -4.94. The van der Waals surface area contributed by atoms with Crippen LogP contribution in [-0.2, 0) is 68.3 Å². The molecule has 90 heavy (non-hydrogen) atoms. The van der Waals surface area contributed by atoms with Gasteiger partial charge in [-0.1, -0.05) is 24.3 Å². The predicted molar refractivity (Wildman–Crippen MR) is 316 cm³/mol. The van der Waals surface area contributed by atoms with Gasteiger partial charge in [-0.15, -0.1) is 50.8 Å². The maximum atomic E-state index is 12.3. The van der Waals surface area contributed by atoms with Crippen molar-refractivity contribution in [2.75, 3.05) is 7.11 Å². The SMILES string of the molecule is COc1cc(N=Nc2ccc(N=Nc3ccc(N=Nc4cc5c(S(=O)(=O)O)cccc5cc4S(=O)(=O)O)c(C)c3)c(C)c2)c(CO)cc1N=Nc1ccc2cc(-n3nc4ccc5c(S(=O)(=O)O)cc(S(=O)(=O)O)cc5c4n3)ccc2c1O.O=S(=O)=O.O=S(=O)=O. The van der Waals surface area contributed by atoms with Crippen molar-refractivity contribution in [3.63, 3.8) is 0 Å². The number of hydrogen-bond donors (Lipinski definition) is 6. The van der Waals surface area contributed by atoms with Gasteiger partial charge in [0.05, 0.1) is 52.7 Å². The van der Waals surface area contributed by atoms with Crippen LogP contribution < -0.4 is 4.74 Å². The number of hydrogen-bond acceptors (Lipinski definition) is 27. The number of nitrogens with zero attached hydrogens (tertiary/aromatic N) is 11. The van der Waals surface area contributed by atoms with Crippen molar-refractivity contribution in [2.45, 2.75) is 40.0 Å². The molecule has 0 radical (unpaired) electrons. The van der Waals surface area contributed by atoms with Gasteiger partial charge < -0.3 is 14.9 Å². The summed E-state index contributed by atoms with van der Waals surface area (Å²) in [5, 5.41) is 65.5. The molecule has 0 aliphatic rings. The fourth-order valence-corrected chi connectivity index (χ4v) is 11.3. The average Bonchev–Trinajstić information content (AvgIpc) is 1.42. The highest BCUT2D eigenvalue weighted by Gasteiger charge is 2.24. The zero-order valence-corrected chi connectivity index (χ0v) is 50.5. The zero-order chi connectivity index (χ0) is 65.8. The van der Waals surface area contributed by atoms with Crippen molar-refractivity contribution in [3.05, 3.63) is 150 Å². The molecule has 38 heteroatoms. The van der Waals surface area contributed by atoms with Gasteiger partial charge in [0.25, 0.3) is 40.5 Å². The number of phenolic OH excluding ortho intramolecular Hbond substituents is 1. The minimum absolute atomic E-state index is 0.0255. The van der Waals surface area contributed by atoms with E-state index in [0.29, 0.717) is 56.3 Å². The topological polar surface area (TPSA) is 499 Å². The monoisotopic (exact) mass is 1350 g/mol. The van der Waals surface area contributed by atoms with Gasteiger partial charge in [-0.25, -0.2) is 0 Å².